The molecule has 3 aromatic rings. The molecule has 2 heterocycles. The van der Waals surface area contributed by atoms with Crippen molar-refractivity contribution >= 4 is 28.7 Å². The Labute approximate surface area is 106 Å². The van der Waals surface area contributed by atoms with Gasteiger partial charge in [0.05, 0.1) is 23.0 Å². The highest BCUT2D eigenvalue weighted by molar-refractivity contribution is 5.93. The fraction of sp³-hybridized carbons (Fsp3) is 0.0833. The van der Waals surface area contributed by atoms with E-state index in [2.05, 4.69) is 9.97 Å². The molecule has 0 saturated carbocycles. The minimum Gasteiger partial charge on any atom is -0.481 e. The van der Waals surface area contributed by atoms with Crippen molar-refractivity contribution in [2.75, 3.05) is 0 Å². The molecule has 1 aromatic carbocycles. The van der Waals surface area contributed by atoms with Gasteiger partial charge in [0, 0.05) is 11.9 Å². The first-order chi connectivity index (χ1) is 9.04. The number of aromatic amines is 1. The van der Waals surface area contributed by atoms with Crippen molar-refractivity contribution in [3.63, 3.8) is 0 Å². The largest absolute Gasteiger partial charge is 0.481 e. The van der Waals surface area contributed by atoms with E-state index >= 15 is 0 Å². The predicted molar refractivity (Wildman–Crippen MR) is 65.3 cm³/mol. The van der Waals surface area contributed by atoms with Crippen LogP contribution < -0.4 is 0 Å². The molecule has 0 atom stereocenters. The van der Waals surface area contributed by atoms with E-state index in [0.29, 0.717) is 22.5 Å². The number of carbonyl (C=O) groups is 2. The van der Waals surface area contributed by atoms with Gasteiger partial charge in [-0.3, -0.25) is 9.20 Å². The van der Waals surface area contributed by atoms with Gasteiger partial charge < -0.3 is 15.2 Å². The van der Waals surface area contributed by atoms with E-state index in [1.165, 1.54) is 12.1 Å². The average Bonchev–Trinajstić information content (AvgIpc) is 2.84. The first-order valence-corrected chi connectivity index (χ1v) is 5.49. The summed E-state index contributed by atoms with van der Waals surface area (Å²) < 4.78 is 1.65. The number of aliphatic carboxylic acids is 1. The maximum absolute atomic E-state index is 10.9. The number of imidazole rings is 2. The lowest BCUT2D eigenvalue weighted by Gasteiger charge is -1.94. The predicted octanol–water partition coefficient (Wildman–Crippen LogP) is 1.14. The van der Waals surface area contributed by atoms with Crippen LogP contribution in [0.25, 0.3) is 16.8 Å². The molecule has 0 saturated heterocycles. The van der Waals surface area contributed by atoms with Crippen LogP contribution in [0.15, 0.2) is 24.4 Å². The normalized spacial score (nSPS) is 11.2. The molecule has 0 unspecified atom stereocenters. The van der Waals surface area contributed by atoms with Crippen molar-refractivity contribution in [3.05, 3.63) is 35.7 Å². The third kappa shape index (κ3) is 1.81. The molecule has 0 aliphatic heterocycles. The van der Waals surface area contributed by atoms with Gasteiger partial charge in [0.25, 0.3) is 0 Å². The molecule has 0 spiro atoms. The maximum atomic E-state index is 10.9. The van der Waals surface area contributed by atoms with Crippen LogP contribution in [-0.2, 0) is 11.2 Å². The Hall–Kier alpha value is -2.83. The molecule has 19 heavy (non-hydrogen) atoms. The van der Waals surface area contributed by atoms with E-state index in [-0.39, 0.29) is 12.0 Å². The van der Waals surface area contributed by atoms with Gasteiger partial charge in [-0.2, -0.15) is 0 Å². The third-order valence-electron chi connectivity index (χ3n) is 2.84. The van der Waals surface area contributed by atoms with Crippen LogP contribution in [-0.4, -0.2) is 36.5 Å². The highest BCUT2D eigenvalue weighted by Crippen LogP contribution is 2.19. The zero-order valence-corrected chi connectivity index (χ0v) is 9.62. The smallest absolute Gasteiger partial charge is 0.335 e. The standard InChI is InChI=1S/C12H9N3O4/c16-10(17)4-7-5-15-9-3-6(11(18)19)1-2-8(9)14-12(15)13-7/h1-3,5H,4H2,(H,13,14)(H,16,17)(H,18,19). The Morgan fingerprint density at radius 2 is 2.11 bits per heavy atom. The van der Waals surface area contributed by atoms with Crippen LogP contribution in [0, 0.1) is 0 Å². The first kappa shape index (κ1) is 11.3. The Bertz CT molecular complexity index is 815. The zero-order chi connectivity index (χ0) is 13.6. The van der Waals surface area contributed by atoms with Gasteiger partial charge in [0.2, 0.25) is 5.78 Å². The van der Waals surface area contributed by atoms with E-state index < -0.39 is 11.9 Å². The molecule has 3 rings (SSSR count). The summed E-state index contributed by atoms with van der Waals surface area (Å²) in [6, 6.07) is 4.61. The van der Waals surface area contributed by atoms with Gasteiger partial charge in [0.15, 0.2) is 0 Å². The summed E-state index contributed by atoms with van der Waals surface area (Å²) in [6.45, 7) is 0. The molecule has 96 valence electrons. The Balaban J connectivity index is 2.20. The highest BCUT2D eigenvalue weighted by Gasteiger charge is 2.12. The molecular formula is C12H9N3O4. The van der Waals surface area contributed by atoms with Crippen LogP contribution >= 0.6 is 0 Å². The lowest BCUT2D eigenvalue weighted by Crippen LogP contribution is -2.00. The van der Waals surface area contributed by atoms with Crippen LogP contribution in [0.4, 0.5) is 0 Å². The van der Waals surface area contributed by atoms with E-state index in [9.17, 15) is 9.59 Å². The van der Waals surface area contributed by atoms with Crippen LogP contribution in [0.1, 0.15) is 16.1 Å². The monoisotopic (exact) mass is 259 g/mol. The molecule has 0 aliphatic carbocycles. The molecule has 7 nitrogen and oxygen atoms in total. The topological polar surface area (TPSA) is 108 Å². The number of rotatable bonds is 3. The second-order valence-electron chi connectivity index (χ2n) is 4.16. The second-order valence-corrected chi connectivity index (χ2v) is 4.16. The third-order valence-corrected chi connectivity index (χ3v) is 2.84. The lowest BCUT2D eigenvalue weighted by molar-refractivity contribution is -0.136. The SMILES string of the molecule is O=C(O)Cc1cn2c(nc3ccc(C(=O)O)cc32)[nH]1. The number of carboxylic acids is 2. The van der Waals surface area contributed by atoms with Gasteiger partial charge in [-0.25, -0.2) is 9.78 Å². The minimum atomic E-state index is -1.02. The van der Waals surface area contributed by atoms with Crippen molar-refractivity contribution in [1.82, 2.24) is 14.4 Å². The fourth-order valence-electron chi connectivity index (χ4n) is 2.03. The fourth-order valence-corrected chi connectivity index (χ4v) is 2.03. The number of aromatic nitrogens is 3. The number of nitrogens with zero attached hydrogens (tertiary/aromatic N) is 2. The molecule has 0 bridgehead atoms. The molecule has 0 aliphatic rings. The van der Waals surface area contributed by atoms with Crippen molar-refractivity contribution in [2.24, 2.45) is 0 Å². The lowest BCUT2D eigenvalue weighted by atomic mass is 10.2. The molecule has 0 radical (unpaired) electrons. The summed E-state index contributed by atoms with van der Waals surface area (Å²) in [5, 5.41) is 17.7. The number of H-pyrrole nitrogens is 1. The number of hydrogen-bond acceptors (Lipinski definition) is 3. The zero-order valence-electron chi connectivity index (χ0n) is 9.62. The van der Waals surface area contributed by atoms with Crippen LogP contribution in [0.5, 0.6) is 0 Å². The Morgan fingerprint density at radius 3 is 2.79 bits per heavy atom. The van der Waals surface area contributed by atoms with E-state index in [1.54, 1.807) is 16.7 Å². The summed E-state index contributed by atoms with van der Waals surface area (Å²) >= 11 is 0. The Kier molecular flexibility index (Phi) is 2.28. The maximum Gasteiger partial charge on any atom is 0.335 e. The summed E-state index contributed by atoms with van der Waals surface area (Å²) in [4.78, 5) is 28.7. The number of fused-ring (bicyclic) bond motifs is 3. The number of carboxylic acid groups (broad SMARTS) is 2. The summed E-state index contributed by atoms with van der Waals surface area (Å²) in [5.74, 6) is -1.47. The van der Waals surface area contributed by atoms with Crippen LogP contribution in [0.3, 0.4) is 0 Å². The van der Waals surface area contributed by atoms with E-state index in [4.69, 9.17) is 10.2 Å². The molecule has 7 heteroatoms. The number of benzene rings is 1. The molecule has 2 aromatic heterocycles. The number of nitrogens with one attached hydrogen (secondary N) is 1. The van der Waals surface area contributed by atoms with E-state index in [0.717, 1.165) is 0 Å². The van der Waals surface area contributed by atoms with Gasteiger partial charge in [-0.05, 0) is 18.2 Å². The summed E-state index contributed by atoms with van der Waals surface area (Å²) in [5.41, 5.74) is 1.95. The summed E-state index contributed by atoms with van der Waals surface area (Å²) in [6.07, 6.45) is 1.48. The van der Waals surface area contributed by atoms with Crippen molar-refractivity contribution < 1.29 is 19.8 Å². The molecule has 0 amide bonds. The molecule has 0 fully saturated rings. The van der Waals surface area contributed by atoms with Crippen LogP contribution in [0.2, 0.25) is 0 Å². The Morgan fingerprint density at radius 1 is 1.32 bits per heavy atom. The minimum absolute atomic E-state index is 0.135. The average molecular weight is 259 g/mol. The first-order valence-electron chi connectivity index (χ1n) is 5.49. The van der Waals surface area contributed by atoms with Crippen molar-refractivity contribution in [3.8, 4) is 0 Å². The number of hydrogen-bond donors (Lipinski definition) is 3. The van der Waals surface area contributed by atoms with Crippen molar-refractivity contribution in [2.45, 2.75) is 6.42 Å². The van der Waals surface area contributed by atoms with E-state index in [1.807, 2.05) is 0 Å². The highest BCUT2D eigenvalue weighted by atomic mass is 16.4. The quantitative estimate of drug-likeness (QED) is 0.653. The van der Waals surface area contributed by atoms with Gasteiger partial charge in [0.1, 0.15) is 0 Å². The van der Waals surface area contributed by atoms with Gasteiger partial charge in [-0.15, -0.1) is 0 Å². The van der Waals surface area contributed by atoms with Gasteiger partial charge in [-0.1, -0.05) is 0 Å². The van der Waals surface area contributed by atoms with Gasteiger partial charge >= 0.3 is 11.9 Å². The summed E-state index contributed by atoms with van der Waals surface area (Å²) in [7, 11) is 0. The second kappa shape index (κ2) is 3.84. The van der Waals surface area contributed by atoms with Crippen molar-refractivity contribution in [1.29, 1.82) is 0 Å². The molecular weight excluding hydrogens is 250 g/mol. The number of aromatic carboxylic acids is 1. The molecule has 3 N–H and O–H groups in total.